The lowest BCUT2D eigenvalue weighted by Crippen LogP contribution is -2.31. The summed E-state index contributed by atoms with van der Waals surface area (Å²) in [6.07, 6.45) is 1.25. The molecule has 0 aliphatic carbocycles. The van der Waals surface area contributed by atoms with Crippen LogP contribution in [0.4, 0.5) is 5.69 Å². The van der Waals surface area contributed by atoms with Crippen LogP contribution >= 0.6 is 0 Å². The van der Waals surface area contributed by atoms with E-state index in [1.165, 1.54) is 24.3 Å². The molecule has 1 aliphatic heterocycles. The number of amides is 2. The molecule has 0 radical (unpaired) electrons. The summed E-state index contributed by atoms with van der Waals surface area (Å²) in [5.41, 5.74) is 1.21. The van der Waals surface area contributed by atoms with E-state index in [1.54, 1.807) is 13.8 Å². The van der Waals surface area contributed by atoms with Crippen molar-refractivity contribution in [2.75, 3.05) is 4.90 Å². The Labute approximate surface area is 103 Å². The van der Waals surface area contributed by atoms with Crippen LogP contribution in [-0.2, 0) is 9.59 Å². The number of aromatic carboxylic acids is 1. The molecule has 2 amide bonds. The summed E-state index contributed by atoms with van der Waals surface area (Å²) in [4.78, 5) is 35.2. The maximum atomic E-state index is 11.8. The maximum Gasteiger partial charge on any atom is 0.261 e. The van der Waals surface area contributed by atoms with E-state index >= 15 is 0 Å². The SMILES string of the molecule is CC1=CC(=O)N(c2ccc(C(=O)[O-])c(C)c2)C1=O. The van der Waals surface area contributed by atoms with E-state index in [-0.39, 0.29) is 11.5 Å². The van der Waals surface area contributed by atoms with Crippen LogP contribution < -0.4 is 10.0 Å². The zero-order valence-corrected chi connectivity index (χ0v) is 9.89. The number of imide groups is 1. The Bertz CT molecular complexity index is 601. The van der Waals surface area contributed by atoms with Crippen LogP contribution in [-0.4, -0.2) is 17.8 Å². The van der Waals surface area contributed by atoms with Crippen LogP contribution in [0.1, 0.15) is 22.8 Å². The molecule has 1 heterocycles. The lowest BCUT2D eigenvalue weighted by Gasteiger charge is -2.16. The van der Waals surface area contributed by atoms with Gasteiger partial charge in [-0.15, -0.1) is 0 Å². The zero-order chi connectivity index (χ0) is 13.4. The van der Waals surface area contributed by atoms with Crippen molar-refractivity contribution >= 4 is 23.5 Å². The van der Waals surface area contributed by atoms with Gasteiger partial charge in [0.05, 0.1) is 11.7 Å². The highest BCUT2D eigenvalue weighted by Crippen LogP contribution is 2.24. The number of carboxylic acid groups (broad SMARTS) is 1. The van der Waals surface area contributed by atoms with E-state index < -0.39 is 11.9 Å². The second kappa shape index (κ2) is 4.10. The molecule has 5 nitrogen and oxygen atoms in total. The van der Waals surface area contributed by atoms with Gasteiger partial charge in [-0.25, -0.2) is 4.90 Å². The Morgan fingerprint density at radius 3 is 2.33 bits per heavy atom. The number of carboxylic acids is 1. The molecule has 0 fully saturated rings. The Morgan fingerprint density at radius 1 is 1.22 bits per heavy atom. The molecule has 0 bridgehead atoms. The summed E-state index contributed by atoms with van der Waals surface area (Å²) in [5, 5.41) is 10.8. The average Bonchev–Trinajstić information content (AvgIpc) is 2.52. The smallest absolute Gasteiger partial charge is 0.261 e. The molecule has 0 atom stereocenters. The van der Waals surface area contributed by atoms with Crippen molar-refractivity contribution in [3.05, 3.63) is 41.0 Å². The monoisotopic (exact) mass is 244 g/mol. The van der Waals surface area contributed by atoms with Crippen molar-refractivity contribution < 1.29 is 19.5 Å². The largest absolute Gasteiger partial charge is 0.545 e. The van der Waals surface area contributed by atoms with E-state index in [1.807, 2.05) is 0 Å². The average molecular weight is 244 g/mol. The van der Waals surface area contributed by atoms with Gasteiger partial charge in [0.1, 0.15) is 0 Å². The summed E-state index contributed by atoms with van der Waals surface area (Å²) >= 11 is 0. The molecule has 1 aromatic rings. The molecule has 0 N–H and O–H groups in total. The van der Waals surface area contributed by atoms with Crippen LogP contribution in [0.3, 0.4) is 0 Å². The number of hydrogen-bond donors (Lipinski definition) is 0. The van der Waals surface area contributed by atoms with Gasteiger partial charge >= 0.3 is 0 Å². The molecule has 5 heteroatoms. The quantitative estimate of drug-likeness (QED) is 0.695. The van der Waals surface area contributed by atoms with Crippen LogP contribution in [0.25, 0.3) is 0 Å². The van der Waals surface area contributed by atoms with Gasteiger partial charge in [0.25, 0.3) is 11.8 Å². The zero-order valence-electron chi connectivity index (χ0n) is 9.89. The lowest BCUT2D eigenvalue weighted by atomic mass is 10.1. The van der Waals surface area contributed by atoms with Crippen molar-refractivity contribution in [3.63, 3.8) is 0 Å². The summed E-state index contributed by atoms with van der Waals surface area (Å²) in [7, 11) is 0. The lowest BCUT2D eigenvalue weighted by molar-refractivity contribution is -0.255. The van der Waals surface area contributed by atoms with Crippen molar-refractivity contribution in [2.24, 2.45) is 0 Å². The normalized spacial score (nSPS) is 15.0. The van der Waals surface area contributed by atoms with Crippen LogP contribution in [0, 0.1) is 6.92 Å². The number of hydrogen-bond acceptors (Lipinski definition) is 4. The van der Waals surface area contributed by atoms with Crippen LogP contribution in [0.15, 0.2) is 29.8 Å². The number of nitrogens with zero attached hydrogens (tertiary/aromatic N) is 1. The Hall–Kier alpha value is -2.43. The van der Waals surface area contributed by atoms with Gasteiger partial charge in [0.15, 0.2) is 0 Å². The van der Waals surface area contributed by atoms with Gasteiger partial charge in [-0.05, 0) is 31.5 Å². The van der Waals surface area contributed by atoms with E-state index in [0.717, 1.165) is 4.90 Å². The molecule has 0 spiro atoms. The molecular weight excluding hydrogens is 234 g/mol. The maximum absolute atomic E-state index is 11.8. The topological polar surface area (TPSA) is 77.5 Å². The van der Waals surface area contributed by atoms with Gasteiger partial charge in [-0.2, -0.15) is 0 Å². The predicted octanol–water partition coefficient (Wildman–Crippen LogP) is 0.178. The fourth-order valence-corrected chi connectivity index (χ4v) is 1.85. The minimum atomic E-state index is -1.28. The van der Waals surface area contributed by atoms with Crippen molar-refractivity contribution in [3.8, 4) is 0 Å². The van der Waals surface area contributed by atoms with E-state index in [2.05, 4.69) is 0 Å². The van der Waals surface area contributed by atoms with Crippen LogP contribution in [0.5, 0.6) is 0 Å². The molecule has 0 unspecified atom stereocenters. The molecule has 92 valence electrons. The van der Waals surface area contributed by atoms with E-state index in [0.29, 0.717) is 16.8 Å². The van der Waals surface area contributed by atoms with Crippen molar-refractivity contribution in [2.45, 2.75) is 13.8 Å². The van der Waals surface area contributed by atoms with Crippen LogP contribution in [0.2, 0.25) is 0 Å². The van der Waals surface area contributed by atoms with E-state index in [9.17, 15) is 19.5 Å². The Balaban J connectivity index is 2.43. The fourth-order valence-electron chi connectivity index (χ4n) is 1.85. The number of rotatable bonds is 2. The molecule has 18 heavy (non-hydrogen) atoms. The highest BCUT2D eigenvalue weighted by molar-refractivity contribution is 6.30. The highest BCUT2D eigenvalue weighted by Gasteiger charge is 2.29. The van der Waals surface area contributed by atoms with Gasteiger partial charge in [-0.3, -0.25) is 9.59 Å². The number of carbonyl (C=O) groups is 3. The number of aryl methyl sites for hydroxylation is 1. The van der Waals surface area contributed by atoms with Gasteiger partial charge < -0.3 is 9.90 Å². The molecule has 1 aromatic carbocycles. The number of benzene rings is 1. The van der Waals surface area contributed by atoms with Gasteiger partial charge in [-0.1, -0.05) is 6.07 Å². The third kappa shape index (κ3) is 1.79. The second-order valence-electron chi connectivity index (χ2n) is 4.09. The molecule has 1 aliphatic rings. The third-order valence-corrected chi connectivity index (χ3v) is 2.79. The summed E-state index contributed by atoms with van der Waals surface area (Å²) in [6.45, 7) is 3.14. The number of carbonyl (C=O) groups excluding carboxylic acids is 3. The predicted molar refractivity (Wildman–Crippen MR) is 61.8 cm³/mol. The van der Waals surface area contributed by atoms with Gasteiger partial charge in [0.2, 0.25) is 0 Å². The molecular formula is C13H10NO4-. The minimum Gasteiger partial charge on any atom is -0.545 e. The summed E-state index contributed by atoms with van der Waals surface area (Å²) in [6, 6.07) is 4.22. The van der Waals surface area contributed by atoms with Gasteiger partial charge in [0, 0.05) is 17.2 Å². The number of anilines is 1. The van der Waals surface area contributed by atoms with Crippen molar-refractivity contribution in [1.82, 2.24) is 0 Å². The first-order valence-electron chi connectivity index (χ1n) is 5.30. The molecule has 0 saturated heterocycles. The molecule has 2 rings (SSSR count). The first-order valence-corrected chi connectivity index (χ1v) is 5.30. The standard InChI is InChI=1S/C13H11NO4/c1-7-5-9(3-4-10(7)13(17)18)14-11(15)6-8(2)12(14)16/h3-6H,1-2H3,(H,17,18)/p-1. The molecule has 0 aromatic heterocycles. The first-order chi connectivity index (χ1) is 8.41. The minimum absolute atomic E-state index is 0.0440. The Kier molecular flexibility index (Phi) is 2.74. The first kappa shape index (κ1) is 12.0. The Morgan fingerprint density at radius 2 is 1.89 bits per heavy atom. The van der Waals surface area contributed by atoms with Crippen molar-refractivity contribution in [1.29, 1.82) is 0 Å². The van der Waals surface area contributed by atoms with E-state index in [4.69, 9.17) is 0 Å². The second-order valence-corrected chi connectivity index (χ2v) is 4.09. The highest BCUT2D eigenvalue weighted by atomic mass is 16.4. The summed E-state index contributed by atoms with van der Waals surface area (Å²) in [5.74, 6) is -2.09. The fraction of sp³-hybridized carbons (Fsp3) is 0.154. The summed E-state index contributed by atoms with van der Waals surface area (Å²) < 4.78 is 0. The third-order valence-electron chi connectivity index (χ3n) is 2.79. The molecule has 0 saturated carbocycles.